The molecule has 3 rings (SSSR count). The number of methoxy groups -OCH3 is 2. The van der Waals surface area contributed by atoms with Crippen molar-refractivity contribution in [3.63, 3.8) is 0 Å². The van der Waals surface area contributed by atoms with Gasteiger partial charge in [-0.05, 0) is 38.0 Å². The monoisotopic (exact) mass is 314 g/mol. The molecular formula is C17H30O5. The van der Waals surface area contributed by atoms with Crippen molar-refractivity contribution < 1.29 is 24.0 Å². The molecule has 2 unspecified atom stereocenters. The molecule has 2 saturated heterocycles. The van der Waals surface area contributed by atoms with Gasteiger partial charge in [-0.15, -0.1) is 0 Å². The molecule has 1 saturated carbocycles. The Bertz CT molecular complexity index is 399. The lowest BCUT2D eigenvalue weighted by Gasteiger charge is -2.55. The summed E-state index contributed by atoms with van der Waals surface area (Å²) in [5.74, 6) is 1.06. The molecule has 0 aromatic rings. The van der Waals surface area contributed by atoms with Gasteiger partial charge in [0.05, 0.1) is 6.61 Å². The van der Waals surface area contributed by atoms with E-state index in [-0.39, 0.29) is 11.9 Å². The molecule has 1 spiro atoms. The second-order valence-electron chi connectivity index (χ2n) is 7.54. The van der Waals surface area contributed by atoms with Crippen LogP contribution in [-0.4, -0.2) is 38.5 Å². The third-order valence-electron chi connectivity index (χ3n) is 6.36. The first-order chi connectivity index (χ1) is 10.5. The molecule has 3 fully saturated rings. The summed E-state index contributed by atoms with van der Waals surface area (Å²) in [5, 5.41) is 0. The molecule has 0 amide bonds. The average Bonchev–Trinajstić information content (AvgIpc) is 2.67. The maximum atomic E-state index is 6.13. The molecule has 5 nitrogen and oxygen atoms in total. The summed E-state index contributed by atoms with van der Waals surface area (Å²) < 4.78 is 17.0. The van der Waals surface area contributed by atoms with Crippen LogP contribution in [0.5, 0.6) is 0 Å². The highest BCUT2D eigenvalue weighted by atomic mass is 17.2. The van der Waals surface area contributed by atoms with Crippen molar-refractivity contribution in [2.75, 3.05) is 20.8 Å². The SMILES string of the molecule is CO[C@@H]1OC[C@@]23OO[C@@](C)(OC)CCC2[C@H](C)CCC3[C@H]1C. The molecule has 128 valence electrons. The predicted molar refractivity (Wildman–Crippen MR) is 80.8 cm³/mol. The summed E-state index contributed by atoms with van der Waals surface area (Å²) in [5.41, 5.74) is -0.373. The summed E-state index contributed by atoms with van der Waals surface area (Å²) in [4.78, 5) is 11.9. The van der Waals surface area contributed by atoms with Gasteiger partial charge in [0, 0.05) is 32.5 Å². The summed E-state index contributed by atoms with van der Waals surface area (Å²) in [6, 6.07) is 0. The zero-order valence-electron chi connectivity index (χ0n) is 14.5. The molecule has 7 atom stereocenters. The van der Waals surface area contributed by atoms with Crippen molar-refractivity contribution in [1.29, 1.82) is 0 Å². The minimum atomic E-state index is -0.669. The van der Waals surface area contributed by atoms with Gasteiger partial charge in [-0.3, -0.25) is 0 Å². The molecule has 0 N–H and O–H groups in total. The Balaban J connectivity index is 1.91. The Kier molecular flexibility index (Phi) is 4.56. The van der Waals surface area contributed by atoms with E-state index in [1.165, 1.54) is 6.42 Å². The van der Waals surface area contributed by atoms with Crippen LogP contribution < -0.4 is 0 Å². The second-order valence-corrected chi connectivity index (χ2v) is 7.54. The van der Waals surface area contributed by atoms with Crippen LogP contribution in [-0.2, 0) is 24.0 Å². The zero-order valence-corrected chi connectivity index (χ0v) is 14.5. The Morgan fingerprint density at radius 3 is 2.45 bits per heavy atom. The summed E-state index contributed by atoms with van der Waals surface area (Å²) >= 11 is 0. The lowest BCUT2D eigenvalue weighted by atomic mass is 9.58. The lowest BCUT2D eigenvalue weighted by Crippen LogP contribution is -2.62. The van der Waals surface area contributed by atoms with E-state index in [1.807, 2.05) is 6.92 Å². The molecule has 0 aromatic heterocycles. The normalized spacial score (nSPS) is 52.5. The number of hydrogen-bond acceptors (Lipinski definition) is 5. The van der Waals surface area contributed by atoms with E-state index in [2.05, 4.69) is 13.8 Å². The van der Waals surface area contributed by atoms with E-state index in [9.17, 15) is 0 Å². The summed E-state index contributed by atoms with van der Waals surface area (Å²) in [7, 11) is 3.40. The number of rotatable bonds is 2. The molecular weight excluding hydrogens is 284 g/mol. The molecule has 2 heterocycles. The standard InChI is InChI=1S/C17H30O5/c1-11-6-7-14-12(2)15(18-4)20-10-17(14)13(11)8-9-16(3,19-5)21-22-17/h11-15H,6-10H2,1-5H3/t11-,12-,13?,14?,15-,16-,17-/m1/s1. The summed E-state index contributed by atoms with van der Waals surface area (Å²) in [6.07, 6.45) is 4.09. The molecule has 2 aliphatic heterocycles. The highest BCUT2D eigenvalue weighted by Gasteiger charge is 2.60. The van der Waals surface area contributed by atoms with Gasteiger partial charge in [-0.1, -0.05) is 13.8 Å². The van der Waals surface area contributed by atoms with Gasteiger partial charge >= 0.3 is 0 Å². The molecule has 1 aliphatic carbocycles. The third kappa shape index (κ3) is 2.51. The molecule has 22 heavy (non-hydrogen) atoms. The van der Waals surface area contributed by atoms with Gasteiger partial charge in [-0.2, -0.15) is 0 Å². The van der Waals surface area contributed by atoms with Crippen LogP contribution in [0.15, 0.2) is 0 Å². The van der Waals surface area contributed by atoms with E-state index in [4.69, 9.17) is 24.0 Å². The van der Waals surface area contributed by atoms with Gasteiger partial charge < -0.3 is 14.2 Å². The average molecular weight is 314 g/mol. The van der Waals surface area contributed by atoms with Gasteiger partial charge in [0.1, 0.15) is 5.60 Å². The lowest BCUT2D eigenvalue weighted by molar-refractivity contribution is -0.482. The minimum absolute atomic E-state index is 0.148. The van der Waals surface area contributed by atoms with E-state index in [0.29, 0.717) is 30.3 Å². The highest BCUT2D eigenvalue weighted by molar-refractivity contribution is 5.04. The van der Waals surface area contributed by atoms with Gasteiger partial charge in [0.2, 0.25) is 0 Å². The molecule has 3 aliphatic rings. The maximum Gasteiger partial charge on any atom is 0.198 e. The van der Waals surface area contributed by atoms with Crippen molar-refractivity contribution in [3.8, 4) is 0 Å². The van der Waals surface area contributed by atoms with Gasteiger partial charge in [-0.25, -0.2) is 9.78 Å². The molecule has 0 aromatic carbocycles. The smallest absolute Gasteiger partial charge is 0.198 e. The Labute approximate surface area is 133 Å². The topological polar surface area (TPSA) is 46.2 Å². The zero-order chi connectivity index (χ0) is 16.0. The fourth-order valence-electron chi connectivity index (χ4n) is 4.84. The summed E-state index contributed by atoms with van der Waals surface area (Å²) in [6.45, 7) is 7.02. The highest BCUT2D eigenvalue weighted by Crippen LogP contribution is 2.54. The van der Waals surface area contributed by atoms with Crippen molar-refractivity contribution >= 4 is 0 Å². The number of hydrogen-bond donors (Lipinski definition) is 0. The Morgan fingerprint density at radius 2 is 1.77 bits per heavy atom. The van der Waals surface area contributed by atoms with Crippen LogP contribution in [0.3, 0.4) is 0 Å². The van der Waals surface area contributed by atoms with Crippen molar-refractivity contribution in [2.24, 2.45) is 23.7 Å². The first-order valence-electron chi connectivity index (χ1n) is 8.52. The fourth-order valence-corrected chi connectivity index (χ4v) is 4.84. The Hall–Kier alpha value is -0.200. The molecule has 0 radical (unpaired) electrons. The third-order valence-corrected chi connectivity index (χ3v) is 6.36. The Morgan fingerprint density at radius 1 is 1.00 bits per heavy atom. The van der Waals surface area contributed by atoms with Crippen LogP contribution in [0, 0.1) is 23.7 Å². The predicted octanol–water partition coefficient (Wildman–Crippen LogP) is 3.13. The second kappa shape index (κ2) is 6.02. The van der Waals surface area contributed by atoms with Crippen molar-refractivity contribution in [1.82, 2.24) is 0 Å². The number of ether oxygens (including phenoxy) is 3. The van der Waals surface area contributed by atoms with Crippen LogP contribution in [0.25, 0.3) is 0 Å². The van der Waals surface area contributed by atoms with Gasteiger partial charge in [0.25, 0.3) is 0 Å². The van der Waals surface area contributed by atoms with Crippen LogP contribution in [0.1, 0.15) is 46.5 Å². The van der Waals surface area contributed by atoms with Crippen LogP contribution in [0.2, 0.25) is 0 Å². The maximum absolute atomic E-state index is 6.13. The van der Waals surface area contributed by atoms with E-state index in [0.717, 1.165) is 19.3 Å². The van der Waals surface area contributed by atoms with Crippen LogP contribution in [0.4, 0.5) is 0 Å². The molecule has 0 bridgehead atoms. The fraction of sp³-hybridized carbons (Fsp3) is 1.00. The van der Waals surface area contributed by atoms with Gasteiger partial charge in [0.15, 0.2) is 12.1 Å². The van der Waals surface area contributed by atoms with Crippen molar-refractivity contribution in [3.05, 3.63) is 0 Å². The van der Waals surface area contributed by atoms with E-state index >= 15 is 0 Å². The first-order valence-corrected chi connectivity index (χ1v) is 8.52. The van der Waals surface area contributed by atoms with E-state index < -0.39 is 5.79 Å². The first kappa shape index (κ1) is 16.7. The van der Waals surface area contributed by atoms with Crippen molar-refractivity contribution in [2.45, 2.75) is 64.1 Å². The minimum Gasteiger partial charge on any atom is -0.356 e. The van der Waals surface area contributed by atoms with E-state index in [1.54, 1.807) is 14.2 Å². The quantitative estimate of drug-likeness (QED) is 0.733. The van der Waals surface area contributed by atoms with Crippen LogP contribution >= 0.6 is 0 Å². The molecule has 5 heteroatoms. The largest absolute Gasteiger partial charge is 0.356 e.